The standard InChI is InChI=1S/C23H23Cl2N3/c1-23(11-9-15-5-4-8-19(25)17(15)13-23)28-12-10-20-21(14-28)27-22(26-20)16-6-2-3-7-18(16)24/h2-8H,9-14H2,1H3,(H,26,27). The zero-order valence-corrected chi connectivity index (χ0v) is 17.4. The molecule has 0 fully saturated rings. The summed E-state index contributed by atoms with van der Waals surface area (Å²) in [6.07, 6.45) is 4.20. The maximum absolute atomic E-state index is 6.53. The van der Waals surface area contributed by atoms with Gasteiger partial charge in [0.05, 0.1) is 16.4 Å². The summed E-state index contributed by atoms with van der Waals surface area (Å²) in [4.78, 5) is 11.0. The number of halogens is 2. The summed E-state index contributed by atoms with van der Waals surface area (Å²) < 4.78 is 0. The molecule has 2 aliphatic rings. The van der Waals surface area contributed by atoms with Crippen LogP contribution in [0.15, 0.2) is 42.5 Å². The molecule has 3 nitrogen and oxygen atoms in total. The molecule has 0 saturated heterocycles. The molecule has 1 aliphatic heterocycles. The molecule has 0 amide bonds. The third-order valence-electron chi connectivity index (χ3n) is 6.43. The van der Waals surface area contributed by atoms with Crippen LogP contribution in [0.25, 0.3) is 11.4 Å². The van der Waals surface area contributed by atoms with E-state index < -0.39 is 0 Å². The fourth-order valence-corrected chi connectivity index (χ4v) is 5.20. The maximum atomic E-state index is 6.53. The number of aromatic amines is 1. The first-order chi connectivity index (χ1) is 13.5. The molecule has 2 heterocycles. The first kappa shape index (κ1) is 18.2. The van der Waals surface area contributed by atoms with E-state index in [9.17, 15) is 0 Å². The van der Waals surface area contributed by atoms with Crippen LogP contribution < -0.4 is 0 Å². The van der Waals surface area contributed by atoms with E-state index in [2.05, 4.69) is 28.9 Å². The van der Waals surface area contributed by atoms with Crippen molar-refractivity contribution in [1.82, 2.24) is 14.9 Å². The average molecular weight is 412 g/mol. The zero-order valence-electron chi connectivity index (χ0n) is 15.9. The molecule has 0 radical (unpaired) electrons. The SMILES string of the molecule is CC1(N2CCc3nc(-c4ccccc4Cl)[nH]c3C2)CCc2cccc(Cl)c2C1. The highest BCUT2D eigenvalue weighted by molar-refractivity contribution is 6.33. The van der Waals surface area contributed by atoms with Gasteiger partial charge in [0.2, 0.25) is 0 Å². The number of H-pyrrole nitrogens is 1. The van der Waals surface area contributed by atoms with Gasteiger partial charge in [0.15, 0.2) is 0 Å². The molecule has 5 rings (SSSR count). The molecule has 3 aromatic rings. The van der Waals surface area contributed by atoms with Crippen molar-refractivity contribution in [3.05, 3.63) is 75.0 Å². The summed E-state index contributed by atoms with van der Waals surface area (Å²) in [5, 5.41) is 1.64. The quantitative estimate of drug-likeness (QED) is 0.587. The van der Waals surface area contributed by atoms with E-state index >= 15 is 0 Å². The van der Waals surface area contributed by atoms with Gasteiger partial charge in [-0.1, -0.05) is 47.5 Å². The Morgan fingerprint density at radius 1 is 1.04 bits per heavy atom. The highest BCUT2D eigenvalue weighted by atomic mass is 35.5. The summed E-state index contributed by atoms with van der Waals surface area (Å²) in [6, 6.07) is 14.2. The van der Waals surface area contributed by atoms with Crippen LogP contribution in [0, 0.1) is 0 Å². The highest BCUT2D eigenvalue weighted by Crippen LogP contribution is 2.38. The molecule has 1 aliphatic carbocycles. The van der Waals surface area contributed by atoms with Crippen LogP contribution >= 0.6 is 23.2 Å². The molecule has 144 valence electrons. The number of benzene rings is 2. The van der Waals surface area contributed by atoms with Gasteiger partial charge in [-0.05, 0) is 55.5 Å². The number of fused-ring (bicyclic) bond motifs is 2. The van der Waals surface area contributed by atoms with Crippen molar-refractivity contribution in [1.29, 1.82) is 0 Å². The van der Waals surface area contributed by atoms with E-state index in [1.54, 1.807) is 0 Å². The summed E-state index contributed by atoms with van der Waals surface area (Å²) >= 11 is 12.9. The molecular formula is C23H23Cl2N3. The first-order valence-electron chi connectivity index (χ1n) is 9.87. The molecule has 0 spiro atoms. The van der Waals surface area contributed by atoms with E-state index in [0.29, 0.717) is 0 Å². The summed E-state index contributed by atoms with van der Waals surface area (Å²) in [7, 11) is 0. The second-order valence-electron chi connectivity index (χ2n) is 8.21. The van der Waals surface area contributed by atoms with E-state index in [0.717, 1.165) is 60.2 Å². The minimum absolute atomic E-state index is 0.116. The van der Waals surface area contributed by atoms with Crippen LogP contribution in [-0.2, 0) is 25.8 Å². The van der Waals surface area contributed by atoms with Crippen LogP contribution in [0.2, 0.25) is 10.0 Å². The fourth-order valence-electron chi connectivity index (χ4n) is 4.71. The van der Waals surface area contributed by atoms with E-state index in [1.165, 1.54) is 22.5 Å². The fraction of sp³-hybridized carbons (Fsp3) is 0.348. The summed E-state index contributed by atoms with van der Waals surface area (Å²) in [5.74, 6) is 0.875. The van der Waals surface area contributed by atoms with Crippen LogP contribution in [-0.4, -0.2) is 27.0 Å². The smallest absolute Gasteiger partial charge is 0.139 e. The minimum Gasteiger partial charge on any atom is -0.340 e. The van der Waals surface area contributed by atoms with Crippen molar-refractivity contribution >= 4 is 23.2 Å². The predicted octanol–water partition coefficient (Wildman–Crippen LogP) is 5.69. The summed E-state index contributed by atoms with van der Waals surface area (Å²) in [6.45, 7) is 4.30. The van der Waals surface area contributed by atoms with Crippen LogP contribution in [0.5, 0.6) is 0 Å². The minimum atomic E-state index is 0.116. The number of nitrogens with zero attached hydrogens (tertiary/aromatic N) is 2. The predicted molar refractivity (Wildman–Crippen MR) is 115 cm³/mol. The van der Waals surface area contributed by atoms with Crippen LogP contribution in [0.1, 0.15) is 35.9 Å². The second kappa shape index (κ2) is 6.91. The lowest BCUT2D eigenvalue weighted by Crippen LogP contribution is -2.52. The average Bonchev–Trinajstić information content (AvgIpc) is 3.12. The maximum Gasteiger partial charge on any atom is 0.139 e. The number of imidazole rings is 1. The number of hydrogen-bond acceptors (Lipinski definition) is 2. The van der Waals surface area contributed by atoms with Crippen molar-refractivity contribution in [2.75, 3.05) is 6.54 Å². The van der Waals surface area contributed by atoms with Crippen LogP contribution in [0.3, 0.4) is 0 Å². The Hall–Kier alpha value is -1.81. The number of hydrogen-bond donors (Lipinski definition) is 1. The van der Waals surface area contributed by atoms with Gasteiger partial charge in [0.1, 0.15) is 5.82 Å². The normalized spacial score (nSPS) is 22.0. The third-order valence-corrected chi connectivity index (χ3v) is 7.11. The lowest BCUT2D eigenvalue weighted by Gasteiger charge is -2.46. The highest BCUT2D eigenvalue weighted by Gasteiger charge is 2.38. The van der Waals surface area contributed by atoms with Crippen molar-refractivity contribution in [3.63, 3.8) is 0 Å². The Morgan fingerprint density at radius 3 is 2.71 bits per heavy atom. The first-order valence-corrected chi connectivity index (χ1v) is 10.6. The van der Waals surface area contributed by atoms with E-state index in [-0.39, 0.29) is 5.54 Å². The van der Waals surface area contributed by atoms with Crippen molar-refractivity contribution < 1.29 is 0 Å². The Labute approximate surface area is 175 Å². The molecule has 1 unspecified atom stereocenters. The number of rotatable bonds is 2. The van der Waals surface area contributed by atoms with Gasteiger partial charge >= 0.3 is 0 Å². The Balaban J connectivity index is 1.42. The van der Waals surface area contributed by atoms with E-state index in [1.807, 2.05) is 30.3 Å². The van der Waals surface area contributed by atoms with Crippen molar-refractivity contribution in [2.24, 2.45) is 0 Å². The molecule has 1 atom stereocenters. The molecule has 0 saturated carbocycles. The third kappa shape index (κ3) is 3.06. The molecule has 28 heavy (non-hydrogen) atoms. The van der Waals surface area contributed by atoms with E-state index in [4.69, 9.17) is 28.2 Å². The molecule has 0 bridgehead atoms. The Kier molecular flexibility index (Phi) is 4.50. The Bertz CT molecular complexity index is 1040. The molecule has 2 aromatic carbocycles. The Morgan fingerprint density at radius 2 is 1.86 bits per heavy atom. The molecular weight excluding hydrogens is 389 g/mol. The topological polar surface area (TPSA) is 31.9 Å². The van der Waals surface area contributed by atoms with Gasteiger partial charge in [-0.25, -0.2) is 4.98 Å². The lowest BCUT2D eigenvalue weighted by atomic mass is 9.77. The van der Waals surface area contributed by atoms with Gasteiger partial charge in [-0.3, -0.25) is 4.90 Å². The molecule has 5 heteroatoms. The van der Waals surface area contributed by atoms with Gasteiger partial charge in [-0.2, -0.15) is 0 Å². The number of aromatic nitrogens is 2. The zero-order chi connectivity index (χ0) is 19.3. The van der Waals surface area contributed by atoms with Crippen molar-refractivity contribution in [3.8, 4) is 11.4 Å². The van der Waals surface area contributed by atoms with Gasteiger partial charge in [0, 0.05) is 35.6 Å². The largest absolute Gasteiger partial charge is 0.340 e. The second-order valence-corrected chi connectivity index (χ2v) is 9.03. The van der Waals surface area contributed by atoms with Crippen LogP contribution in [0.4, 0.5) is 0 Å². The van der Waals surface area contributed by atoms with Gasteiger partial charge in [-0.15, -0.1) is 0 Å². The summed E-state index contributed by atoms with van der Waals surface area (Å²) in [5.41, 5.74) is 6.20. The molecule has 1 N–H and O–H groups in total. The number of aryl methyl sites for hydroxylation is 1. The van der Waals surface area contributed by atoms with Crippen molar-refractivity contribution in [2.45, 2.75) is 44.7 Å². The van der Waals surface area contributed by atoms with Gasteiger partial charge < -0.3 is 4.98 Å². The monoisotopic (exact) mass is 411 g/mol. The number of nitrogens with one attached hydrogen (secondary N) is 1. The molecule has 1 aromatic heterocycles. The lowest BCUT2D eigenvalue weighted by molar-refractivity contribution is 0.0729. The van der Waals surface area contributed by atoms with Gasteiger partial charge in [0.25, 0.3) is 0 Å².